The van der Waals surface area contributed by atoms with Gasteiger partial charge in [-0.2, -0.15) is 4.52 Å². The Kier molecular flexibility index (Phi) is 6.06. The third kappa shape index (κ3) is 3.81. The Morgan fingerprint density at radius 3 is 2.50 bits per heavy atom. The summed E-state index contributed by atoms with van der Waals surface area (Å²) >= 11 is 1.48. The van der Waals surface area contributed by atoms with Crippen molar-refractivity contribution in [1.82, 2.24) is 19.5 Å². The Bertz CT molecular complexity index is 1020. The molecule has 1 atom stereocenters. The Balaban J connectivity index is 1.70. The van der Waals surface area contributed by atoms with Gasteiger partial charge in [0.1, 0.15) is 0 Å². The molecular weight excluding hydrogens is 400 g/mol. The molecule has 1 aliphatic rings. The van der Waals surface area contributed by atoms with Gasteiger partial charge in [-0.05, 0) is 43.5 Å². The van der Waals surface area contributed by atoms with E-state index in [0.717, 1.165) is 55.0 Å². The van der Waals surface area contributed by atoms with Crippen LogP contribution in [0.2, 0.25) is 0 Å². The van der Waals surface area contributed by atoms with Gasteiger partial charge < -0.3 is 9.84 Å². The summed E-state index contributed by atoms with van der Waals surface area (Å²) in [5, 5.41) is 15.4. The van der Waals surface area contributed by atoms with Gasteiger partial charge in [-0.25, -0.2) is 4.98 Å². The predicted octanol–water partition coefficient (Wildman–Crippen LogP) is 3.60. The minimum atomic E-state index is -0.132. The van der Waals surface area contributed by atoms with Crippen molar-refractivity contribution in [3.63, 3.8) is 0 Å². The molecule has 1 fully saturated rings. The van der Waals surface area contributed by atoms with E-state index in [9.17, 15) is 9.90 Å². The van der Waals surface area contributed by atoms with Crippen LogP contribution in [0, 0.1) is 5.92 Å². The maximum atomic E-state index is 12.0. The Morgan fingerprint density at radius 2 is 1.93 bits per heavy atom. The first-order valence-corrected chi connectivity index (χ1v) is 11.3. The standard InChI is InChI=1S/C22H28N4O3S/c1-4-14-6-8-15(9-7-14)18(25-12-10-16(11-13-25)21(28)29-3)19-20(27)26-22(30-19)23-17(5-2)24-26/h6-9,16,18,27H,4-5,10-13H2,1-3H3/t18-/m1/s1. The lowest BCUT2D eigenvalue weighted by Crippen LogP contribution is -2.39. The van der Waals surface area contributed by atoms with Crippen molar-refractivity contribution in [3.8, 4) is 5.88 Å². The molecule has 0 amide bonds. The van der Waals surface area contributed by atoms with E-state index in [-0.39, 0.29) is 23.8 Å². The summed E-state index contributed by atoms with van der Waals surface area (Å²) in [5.41, 5.74) is 2.40. The van der Waals surface area contributed by atoms with Crippen LogP contribution in [0.5, 0.6) is 5.88 Å². The summed E-state index contributed by atoms with van der Waals surface area (Å²) in [6, 6.07) is 8.47. The van der Waals surface area contributed by atoms with Crippen molar-refractivity contribution in [1.29, 1.82) is 0 Å². The molecule has 3 heterocycles. The molecule has 0 spiro atoms. The maximum absolute atomic E-state index is 12.0. The highest BCUT2D eigenvalue weighted by molar-refractivity contribution is 7.17. The van der Waals surface area contributed by atoms with E-state index >= 15 is 0 Å². The van der Waals surface area contributed by atoms with Gasteiger partial charge in [-0.1, -0.05) is 49.4 Å². The Morgan fingerprint density at radius 1 is 1.23 bits per heavy atom. The number of hydrogen-bond donors (Lipinski definition) is 1. The second kappa shape index (κ2) is 8.73. The summed E-state index contributed by atoms with van der Waals surface area (Å²) < 4.78 is 6.48. The molecule has 1 N–H and O–H groups in total. The number of methoxy groups -OCH3 is 1. The lowest BCUT2D eigenvalue weighted by atomic mass is 9.93. The van der Waals surface area contributed by atoms with E-state index in [1.165, 1.54) is 24.0 Å². The summed E-state index contributed by atoms with van der Waals surface area (Å²) in [7, 11) is 1.45. The van der Waals surface area contributed by atoms with Gasteiger partial charge in [0.25, 0.3) is 0 Å². The molecule has 0 radical (unpaired) electrons. The second-order valence-corrected chi connectivity index (χ2v) is 8.71. The smallest absolute Gasteiger partial charge is 0.308 e. The van der Waals surface area contributed by atoms with Gasteiger partial charge in [0, 0.05) is 6.42 Å². The van der Waals surface area contributed by atoms with Crippen LogP contribution in [0.25, 0.3) is 4.96 Å². The molecule has 1 aliphatic heterocycles. The maximum Gasteiger partial charge on any atom is 0.308 e. The van der Waals surface area contributed by atoms with Crippen molar-refractivity contribution in [2.75, 3.05) is 20.2 Å². The zero-order chi connectivity index (χ0) is 21.3. The van der Waals surface area contributed by atoms with Gasteiger partial charge in [-0.15, -0.1) is 5.10 Å². The quantitative estimate of drug-likeness (QED) is 0.605. The largest absolute Gasteiger partial charge is 0.492 e. The first-order chi connectivity index (χ1) is 14.5. The van der Waals surface area contributed by atoms with Crippen molar-refractivity contribution in [2.24, 2.45) is 5.92 Å². The average Bonchev–Trinajstić information content (AvgIpc) is 3.33. The van der Waals surface area contributed by atoms with Crippen LogP contribution in [0.1, 0.15) is 54.6 Å². The van der Waals surface area contributed by atoms with Gasteiger partial charge in [0.2, 0.25) is 10.8 Å². The normalized spacial score (nSPS) is 16.8. The Labute approximate surface area is 180 Å². The lowest BCUT2D eigenvalue weighted by Gasteiger charge is -2.36. The molecule has 0 aliphatic carbocycles. The number of rotatable bonds is 6. The SMILES string of the molecule is CCc1ccc([C@H](c2sc3nc(CC)nn3c2O)N2CCC(C(=O)OC)CC2)cc1. The molecule has 7 nitrogen and oxygen atoms in total. The number of fused-ring (bicyclic) bond motifs is 1. The number of esters is 1. The number of carbonyl (C=O) groups excluding carboxylic acids is 1. The fraction of sp³-hybridized carbons (Fsp3) is 0.500. The first kappa shape index (κ1) is 20.8. The molecule has 0 saturated carbocycles. The fourth-order valence-electron chi connectivity index (χ4n) is 4.14. The zero-order valence-electron chi connectivity index (χ0n) is 17.7. The van der Waals surface area contributed by atoms with E-state index in [0.29, 0.717) is 4.96 Å². The van der Waals surface area contributed by atoms with Crippen LogP contribution in [0.3, 0.4) is 0 Å². The van der Waals surface area contributed by atoms with Crippen LogP contribution in [-0.2, 0) is 22.4 Å². The van der Waals surface area contributed by atoms with Crippen molar-refractivity contribution in [3.05, 3.63) is 46.1 Å². The van der Waals surface area contributed by atoms with Crippen molar-refractivity contribution >= 4 is 22.3 Å². The summed E-state index contributed by atoms with van der Waals surface area (Å²) in [6.45, 7) is 5.66. The number of thiazole rings is 1. The summed E-state index contributed by atoms with van der Waals surface area (Å²) in [4.78, 5) is 20.4. The molecular formula is C22H28N4O3S. The molecule has 30 heavy (non-hydrogen) atoms. The average molecular weight is 429 g/mol. The fourth-order valence-corrected chi connectivity index (χ4v) is 5.28. The number of ether oxygens (including phenoxy) is 1. The molecule has 4 rings (SSSR count). The van der Waals surface area contributed by atoms with Gasteiger partial charge in [0.15, 0.2) is 5.82 Å². The molecule has 2 aromatic heterocycles. The second-order valence-electron chi connectivity index (χ2n) is 7.70. The Hall–Kier alpha value is -2.45. The van der Waals surface area contributed by atoms with E-state index in [2.05, 4.69) is 46.2 Å². The summed E-state index contributed by atoms with van der Waals surface area (Å²) in [6.07, 6.45) is 3.21. The van der Waals surface area contributed by atoms with E-state index in [1.807, 2.05) is 6.92 Å². The monoisotopic (exact) mass is 428 g/mol. The summed E-state index contributed by atoms with van der Waals surface area (Å²) in [5.74, 6) is 0.692. The predicted molar refractivity (Wildman–Crippen MR) is 116 cm³/mol. The van der Waals surface area contributed by atoms with E-state index < -0.39 is 0 Å². The molecule has 8 heteroatoms. The number of aromatic nitrogens is 3. The zero-order valence-corrected chi connectivity index (χ0v) is 18.5. The highest BCUT2D eigenvalue weighted by Crippen LogP contribution is 2.41. The van der Waals surface area contributed by atoms with Crippen molar-refractivity contribution in [2.45, 2.75) is 45.6 Å². The molecule has 0 bridgehead atoms. The number of carbonyl (C=O) groups is 1. The third-order valence-corrected chi connectivity index (χ3v) is 7.01. The van der Waals surface area contributed by atoms with E-state index in [4.69, 9.17) is 4.74 Å². The number of hydrogen-bond acceptors (Lipinski definition) is 7. The minimum absolute atomic E-state index is 0.0580. The van der Waals surface area contributed by atoms with Crippen molar-refractivity contribution < 1.29 is 14.6 Å². The topological polar surface area (TPSA) is 80.0 Å². The van der Waals surface area contributed by atoms with Crippen LogP contribution >= 0.6 is 11.3 Å². The number of benzene rings is 1. The molecule has 0 unspecified atom stereocenters. The molecule has 3 aromatic rings. The van der Waals surface area contributed by atoms with Crippen LogP contribution in [-0.4, -0.2) is 50.8 Å². The lowest BCUT2D eigenvalue weighted by molar-refractivity contribution is -0.147. The van der Waals surface area contributed by atoms with Crippen LogP contribution in [0.4, 0.5) is 0 Å². The third-order valence-electron chi connectivity index (χ3n) is 5.94. The molecule has 160 valence electrons. The van der Waals surface area contributed by atoms with Crippen LogP contribution < -0.4 is 0 Å². The molecule has 1 saturated heterocycles. The number of likely N-dealkylation sites (tertiary alicyclic amines) is 1. The highest BCUT2D eigenvalue weighted by Gasteiger charge is 2.34. The first-order valence-electron chi connectivity index (χ1n) is 10.5. The van der Waals surface area contributed by atoms with E-state index in [1.54, 1.807) is 4.52 Å². The number of nitrogens with zero attached hydrogens (tertiary/aromatic N) is 4. The van der Waals surface area contributed by atoms with Gasteiger partial charge >= 0.3 is 5.97 Å². The number of piperidine rings is 1. The number of aryl methyl sites for hydroxylation is 2. The minimum Gasteiger partial charge on any atom is -0.492 e. The molecule has 1 aromatic carbocycles. The van der Waals surface area contributed by atoms with Gasteiger partial charge in [-0.3, -0.25) is 9.69 Å². The highest BCUT2D eigenvalue weighted by atomic mass is 32.1. The van der Waals surface area contributed by atoms with Gasteiger partial charge in [0.05, 0.1) is 23.9 Å². The number of aromatic hydroxyl groups is 1. The van der Waals surface area contributed by atoms with Crippen LogP contribution in [0.15, 0.2) is 24.3 Å².